The number of nitrogens with zero attached hydrogens (tertiary/aromatic N) is 1. The number of rotatable bonds is 24. The second kappa shape index (κ2) is 23.2. The number of phenols is 1. The molecule has 0 bridgehead atoms. The van der Waals surface area contributed by atoms with Gasteiger partial charge in [0, 0.05) is 48.3 Å². The van der Waals surface area contributed by atoms with Gasteiger partial charge >= 0.3 is 0 Å². The maximum Gasteiger partial charge on any atom is 0.243 e. The number of primary amides is 1. The summed E-state index contributed by atoms with van der Waals surface area (Å²) in [6, 6.07) is 15.8. The van der Waals surface area contributed by atoms with Crippen molar-refractivity contribution in [2.75, 3.05) is 6.54 Å². The van der Waals surface area contributed by atoms with E-state index < -0.39 is 71.7 Å². The number of fused-ring (bicyclic) bond motifs is 1. The van der Waals surface area contributed by atoms with Crippen LogP contribution in [0.4, 0.5) is 0 Å². The van der Waals surface area contributed by atoms with Crippen molar-refractivity contribution in [2.24, 2.45) is 17.2 Å². The molecule has 3 aromatic carbocycles. The van der Waals surface area contributed by atoms with E-state index in [-0.39, 0.29) is 37.9 Å². The Hall–Kier alpha value is -7.05. The molecule has 18 nitrogen and oxygen atoms in total. The molecule has 0 radical (unpaired) electrons. The summed E-state index contributed by atoms with van der Waals surface area (Å²) in [5, 5.41) is 24.5. The number of aromatic amines is 2. The molecule has 0 aliphatic carbocycles. The van der Waals surface area contributed by atoms with Crippen molar-refractivity contribution in [3.05, 3.63) is 120 Å². The van der Waals surface area contributed by atoms with Gasteiger partial charge in [0.15, 0.2) is 0 Å². The van der Waals surface area contributed by atoms with Gasteiger partial charge in [-0.15, -0.1) is 0 Å². The fourth-order valence-corrected chi connectivity index (χ4v) is 7.05. The van der Waals surface area contributed by atoms with Gasteiger partial charge < -0.3 is 58.9 Å². The van der Waals surface area contributed by atoms with Crippen molar-refractivity contribution in [1.82, 2.24) is 41.5 Å². The summed E-state index contributed by atoms with van der Waals surface area (Å²) in [6.45, 7) is 1.83. The Morgan fingerprint density at radius 1 is 0.667 bits per heavy atom. The Bertz CT molecular complexity index is 2280. The number of hydrogen-bond donors (Lipinski definition) is 11. The van der Waals surface area contributed by atoms with Crippen LogP contribution in [-0.2, 0) is 54.5 Å². The third-order valence-corrected chi connectivity index (χ3v) is 10.6. The zero-order chi connectivity index (χ0) is 45.3. The van der Waals surface area contributed by atoms with Gasteiger partial charge in [-0.2, -0.15) is 0 Å². The Labute approximate surface area is 364 Å². The molecule has 0 saturated heterocycles. The Morgan fingerprint density at radius 2 is 1.27 bits per heavy atom. The second-order valence-electron chi connectivity index (χ2n) is 15.5. The zero-order valence-corrected chi connectivity index (χ0v) is 35.1. The summed E-state index contributed by atoms with van der Waals surface area (Å²) in [7, 11) is 0. The maximum atomic E-state index is 14.2. The number of benzene rings is 3. The van der Waals surface area contributed by atoms with E-state index in [2.05, 4.69) is 41.5 Å². The molecule has 6 atom stereocenters. The maximum absolute atomic E-state index is 14.2. The van der Waals surface area contributed by atoms with E-state index in [1.165, 1.54) is 25.4 Å². The number of aromatic hydroxyl groups is 1. The largest absolute Gasteiger partial charge is 0.508 e. The van der Waals surface area contributed by atoms with Crippen LogP contribution >= 0.6 is 0 Å². The van der Waals surface area contributed by atoms with Crippen molar-refractivity contribution < 1.29 is 33.9 Å². The molecule has 0 spiro atoms. The summed E-state index contributed by atoms with van der Waals surface area (Å²) in [6.07, 6.45) is 6.91. The first-order chi connectivity index (χ1) is 30.3. The molecular weight excluding hydrogens is 807 g/mol. The second-order valence-corrected chi connectivity index (χ2v) is 15.5. The lowest BCUT2D eigenvalue weighted by molar-refractivity contribution is -0.134. The van der Waals surface area contributed by atoms with E-state index in [0.717, 1.165) is 16.5 Å². The van der Waals surface area contributed by atoms with E-state index in [0.29, 0.717) is 42.6 Å². The molecule has 0 aliphatic rings. The molecular formula is C45H57N11O7. The number of hydrogen-bond acceptors (Lipinski definition) is 10. The fourth-order valence-electron chi connectivity index (χ4n) is 7.05. The van der Waals surface area contributed by atoms with Crippen LogP contribution in [0, 0.1) is 0 Å². The highest BCUT2D eigenvalue weighted by atomic mass is 16.3. The number of unbranched alkanes of at least 4 members (excludes halogenated alkanes) is 1. The van der Waals surface area contributed by atoms with Gasteiger partial charge in [-0.3, -0.25) is 28.8 Å². The van der Waals surface area contributed by atoms with Crippen molar-refractivity contribution in [3.63, 3.8) is 0 Å². The van der Waals surface area contributed by atoms with Gasteiger partial charge in [0.05, 0.1) is 12.4 Å². The van der Waals surface area contributed by atoms with E-state index in [9.17, 15) is 33.9 Å². The third-order valence-electron chi connectivity index (χ3n) is 10.6. The van der Waals surface area contributed by atoms with Crippen molar-refractivity contribution in [2.45, 2.75) is 94.5 Å². The van der Waals surface area contributed by atoms with Crippen molar-refractivity contribution >= 4 is 46.3 Å². The van der Waals surface area contributed by atoms with Gasteiger partial charge in [0.25, 0.3) is 0 Å². The minimum atomic E-state index is -1.29. The van der Waals surface area contributed by atoms with Gasteiger partial charge in [0.1, 0.15) is 36.0 Å². The first-order valence-corrected chi connectivity index (χ1v) is 20.9. The Balaban J connectivity index is 1.33. The minimum absolute atomic E-state index is 0.0104. The fraction of sp³-hybridized carbons (Fsp3) is 0.356. The number of imidazole rings is 1. The lowest BCUT2D eigenvalue weighted by atomic mass is 10.0. The quantitative estimate of drug-likeness (QED) is 0.0385. The molecule has 2 heterocycles. The zero-order valence-electron chi connectivity index (χ0n) is 35.1. The van der Waals surface area contributed by atoms with Crippen LogP contribution in [0.15, 0.2) is 97.6 Å². The van der Waals surface area contributed by atoms with Gasteiger partial charge in [-0.1, -0.05) is 60.7 Å². The lowest BCUT2D eigenvalue weighted by Gasteiger charge is -2.26. The summed E-state index contributed by atoms with van der Waals surface area (Å²) < 4.78 is 0. The highest BCUT2D eigenvalue weighted by Crippen LogP contribution is 2.20. The van der Waals surface area contributed by atoms with Crippen LogP contribution in [0.2, 0.25) is 0 Å². The van der Waals surface area contributed by atoms with Crippen LogP contribution < -0.4 is 43.8 Å². The standard InChI is InChI=1S/C45H57N11O7/c1-27(52-43(61)37(54-42(60)34(47)23-31-25-49-26-51-31)19-16-30-24-50-35-12-6-5-11-33(30)35)41(59)55-38(22-29-14-17-32(57)18-15-29)45(63)56-39(21-28-9-3-2-4-10-28)44(62)53-36(40(48)58)13-7-8-20-46/h2-6,9-12,14-15,17-18,24-27,34,36-39,50,57H,7-8,13,16,19-23,46-47H2,1H3,(H2,48,58)(H,49,51)(H,52,61)(H,53,62)(H,54,60)(H,55,59)(H,56,63)/t27-,34-,36-,37+,38+,39+/m0/s1. The number of aryl methyl sites for hydroxylation is 1. The Kier molecular flexibility index (Phi) is 17.3. The number of aromatic nitrogens is 3. The monoisotopic (exact) mass is 863 g/mol. The predicted octanol–water partition coefficient (Wildman–Crippen LogP) is 0.643. The number of H-pyrrole nitrogens is 2. The predicted molar refractivity (Wildman–Crippen MR) is 236 cm³/mol. The highest BCUT2D eigenvalue weighted by molar-refractivity contribution is 5.96. The molecule has 0 aliphatic heterocycles. The molecule has 63 heavy (non-hydrogen) atoms. The number of phenolic OH excluding ortho intramolecular Hbond substituents is 1. The van der Waals surface area contributed by atoms with Crippen LogP contribution in [0.1, 0.15) is 55.0 Å². The van der Waals surface area contributed by atoms with Crippen LogP contribution in [-0.4, -0.2) is 98.3 Å². The average Bonchev–Trinajstić information content (AvgIpc) is 3.95. The summed E-state index contributed by atoms with van der Waals surface area (Å²) in [5.41, 5.74) is 21.2. The van der Waals surface area contributed by atoms with E-state index in [4.69, 9.17) is 17.2 Å². The molecule has 0 fully saturated rings. The van der Waals surface area contributed by atoms with E-state index in [1.54, 1.807) is 48.7 Å². The van der Waals surface area contributed by atoms with Gasteiger partial charge in [-0.05, 0) is 80.5 Å². The number of amides is 6. The molecule has 0 unspecified atom stereocenters. The molecule has 14 N–H and O–H groups in total. The van der Waals surface area contributed by atoms with E-state index >= 15 is 0 Å². The highest BCUT2D eigenvalue weighted by Gasteiger charge is 2.32. The number of carbonyl (C=O) groups is 6. The van der Waals surface area contributed by atoms with Crippen LogP contribution in [0.25, 0.3) is 10.9 Å². The number of nitrogens with one attached hydrogen (secondary N) is 7. The summed E-state index contributed by atoms with van der Waals surface area (Å²) >= 11 is 0. The van der Waals surface area contributed by atoms with E-state index in [1.807, 2.05) is 30.5 Å². The summed E-state index contributed by atoms with van der Waals surface area (Å²) in [4.78, 5) is 91.6. The molecule has 5 aromatic rings. The SMILES string of the molecule is C[C@H](NC(=O)[C@@H](CCc1c[nH]c2ccccc12)NC(=O)[C@@H](N)Cc1cnc[nH]1)C(=O)N[C@H](Cc1ccc(O)cc1)C(=O)N[C@H](Cc1ccccc1)C(=O)N[C@@H](CCCCN)C(N)=O. The first-order valence-electron chi connectivity index (χ1n) is 20.9. The molecule has 334 valence electrons. The normalized spacial score (nSPS) is 14.0. The minimum Gasteiger partial charge on any atom is -0.508 e. The van der Waals surface area contributed by atoms with Crippen LogP contribution in [0.3, 0.4) is 0 Å². The molecule has 2 aromatic heterocycles. The third kappa shape index (κ3) is 14.3. The Morgan fingerprint density at radius 3 is 1.92 bits per heavy atom. The molecule has 5 rings (SSSR count). The molecule has 18 heteroatoms. The molecule has 0 saturated carbocycles. The number of carbonyl (C=O) groups excluding carboxylic acids is 6. The van der Waals surface area contributed by atoms with Crippen molar-refractivity contribution in [1.29, 1.82) is 0 Å². The van der Waals surface area contributed by atoms with Gasteiger partial charge in [-0.25, -0.2) is 4.98 Å². The summed E-state index contributed by atoms with van der Waals surface area (Å²) in [5.74, 6) is -4.13. The number of nitrogens with two attached hydrogens (primary N) is 3. The molecule has 6 amide bonds. The number of para-hydroxylation sites is 1. The average molecular weight is 864 g/mol. The van der Waals surface area contributed by atoms with Gasteiger partial charge in [0.2, 0.25) is 35.4 Å². The van der Waals surface area contributed by atoms with Crippen molar-refractivity contribution in [3.8, 4) is 5.75 Å². The lowest BCUT2D eigenvalue weighted by Crippen LogP contribution is -2.59. The first kappa shape index (κ1) is 47.0. The van der Waals surface area contributed by atoms with Crippen LogP contribution in [0.5, 0.6) is 5.75 Å². The topological polar surface area (TPSA) is 305 Å². The smallest absolute Gasteiger partial charge is 0.243 e.